The first kappa shape index (κ1) is 28.8. The van der Waals surface area contributed by atoms with Crippen LogP contribution in [0.5, 0.6) is 0 Å². The SMILES string of the molecule is [C-]#[N+]c1cccc(-c2ccc(C#N)cc2-c2cccc(-n3c4ccccc4c4ccccc43)c2)c1-n1c2ccccc2c2cc(C#N)ccc21. The lowest BCUT2D eigenvalue weighted by Gasteiger charge is -2.19. The van der Waals surface area contributed by atoms with Crippen molar-refractivity contribution in [2.24, 2.45) is 0 Å². The average Bonchev–Trinajstić information content (AvgIpc) is 3.70. The van der Waals surface area contributed by atoms with Gasteiger partial charge >= 0.3 is 0 Å². The van der Waals surface area contributed by atoms with Crippen molar-refractivity contribution >= 4 is 49.3 Å². The van der Waals surface area contributed by atoms with E-state index < -0.39 is 0 Å². The Bertz CT molecular complexity index is 2920. The molecule has 0 fully saturated rings. The second-order valence-electron chi connectivity index (χ2n) is 12.3. The van der Waals surface area contributed by atoms with Crippen LogP contribution in [0.15, 0.2) is 152 Å². The van der Waals surface area contributed by atoms with Crippen molar-refractivity contribution in [3.05, 3.63) is 174 Å². The molecule has 0 spiro atoms. The minimum atomic E-state index is 0.504. The van der Waals surface area contributed by atoms with Crippen LogP contribution in [0.1, 0.15) is 11.1 Å². The number of fused-ring (bicyclic) bond motifs is 6. The zero-order valence-corrected chi connectivity index (χ0v) is 26.7. The monoisotopic (exact) mass is 635 g/mol. The van der Waals surface area contributed by atoms with Crippen LogP contribution in [0, 0.1) is 29.2 Å². The van der Waals surface area contributed by atoms with Gasteiger partial charge in [-0.2, -0.15) is 10.5 Å². The Morgan fingerprint density at radius 3 is 1.72 bits per heavy atom. The van der Waals surface area contributed by atoms with Crippen LogP contribution in [0.25, 0.3) is 82.1 Å². The molecule has 0 aliphatic rings. The summed E-state index contributed by atoms with van der Waals surface area (Å²) in [6, 6.07) is 55.4. The van der Waals surface area contributed by atoms with E-state index in [1.807, 2.05) is 60.7 Å². The molecular formula is C45H25N5. The number of hydrogen-bond donors (Lipinski definition) is 0. The molecule has 7 aromatic carbocycles. The van der Waals surface area contributed by atoms with Gasteiger partial charge in [0.1, 0.15) is 0 Å². The normalized spacial score (nSPS) is 11.1. The third kappa shape index (κ3) is 4.31. The number of rotatable bonds is 4. The second kappa shape index (κ2) is 11.4. The van der Waals surface area contributed by atoms with Crippen molar-refractivity contribution in [1.29, 1.82) is 10.5 Å². The first-order valence-corrected chi connectivity index (χ1v) is 16.3. The fourth-order valence-corrected chi connectivity index (χ4v) is 7.46. The first-order valence-electron chi connectivity index (χ1n) is 16.3. The first-order chi connectivity index (χ1) is 24.7. The number of benzene rings is 7. The molecule has 5 nitrogen and oxygen atoms in total. The van der Waals surface area contributed by atoms with Gasteiger partial charge in [0.05, 0.1) is 57.6 Å². The van der Waals surface area contributed by atoms with E-state index in [1.165, 1.54) is 10.8 Å². The second-order valence-corrected chi connectivity index (χ2v) is 12.3. The lowest BCUT2D eigenvalue weighted by atomic mass is 9.91. The number of hydrogen-bond acceptors (Lipinski definition) is 2. The molecule has 5 heteroatoms. The van der Waals surface area contributed by atoms with Gasteiger partial charge in [-0.05, 0) is 82.9 Å². The van der Waals surface area contributed by atoms with E-state index in [2.05, 4.69) is 117 Å². The molecule has 0 saturated heterocycles. The van der Waals surface area contributed by atoms with Crippen molar-refractivity contribution < 1.29 is 0 Å². The van der Waals surface area contributed by atoms with Crippen molar-refractivity contribution in [1.82, 2.24) is 9.13 Å². The highest BCUT2D eigenvalue weighted by Crippen LogP contribution is 2.44. The molecule has 0 atom stereocenters. The zero-order valence-electron chi connectivity index (χ0n) is 26.7. The van der Waals surface area contributed by atoms with Crippen LogP contribution in [0.2, 0.25) is 0 Å². The van der Waals surface area contributed by atoms with Gasteiger partial charge in [-0.25, -0.2) is 4.85 Å². The van der Waals surface area contributed by atoms with Gasteiger partial charge in [0.15, 0.2) is 0 Å². The fraction of sp³-hybridized carbons (Fsp3) is 0. The van der Waals surface area contributed by atoms with Crippen LogP contribution in [-0.2, 0) is 0 Å². The molecule has 2 heterocycles. The predicted molar refractivity (Wildman–Crippen MR) is 202 cm³/mol. The topological polar surface area (TPSA) is 61.8 Å². The van der Waals surface area contributed by atoms with Crippen LogP contribution < -0.4 is 0 Å². The highest BCUT2D eigenvalue weighted by atomic mass is 15.0. The highest BCUT2D eigenvalue weighted by molar-refractivity contribution is 6.11. The van der Waals surface area contributed by atoms with Crippen LogP contribution in [0.4, 0.5) is 5.69 Å². The third-order valence-electron chi connectivity index (χ3n) is 9.59. The predicted octanol–water partition coefficient (Wildman–Crippen LogP) is 11.5. The van der Waals surface area contributed by atoms with Gasteiger partial charge in [0.2, 0.25) is 5.69 Å². The average molecular weight is 636 g/mol. The summed E-state index contributed by atoms with van der Waals surface area (Å²) in [5, 5.41) is 24.1. The Hall–Kier alpha value is -7.39. The summed E-state index contributed by atoms with van der Waals surface area (Å²) >= 11 is 0. The summed E-state index contributed by atoms with van der Waals surface area (Å²) in [5.74, 6) is 0. The standard InChI is InChI=1S/C45H25N5/c1-48-40-16-9-15-37(45(40)50-43-19-7-4-14-36(43)39-25-30(28-47)21-23-44(39)50)33-22-20-29(27-46)24-38(33)31-10-8-11-32(26-31)49-41-17-5-2-12-34(41)35-13-3-6-18-42(35)49/h2-26H. The van der Waals surface area contributed by atoms with E-state index in [1.54, 1.807) is 0 Å². The minimum absolute atomic E-state index is 0.504. The summed E-state index contributed by atoms with van der Waals surface area (Å²) in [4.78, 5) is 4.02. The lowest BCUT2D eigenvalue weighted by Crippen LogP contribution is -1.99. The maximum atomic E-state index is 10.1. The van der Waals surface area contributed by atoms with Crippen LogP contribution in [0.3, 0.4) is 0 Å². The summed E-state index contributed by atoms with van der Waals surface area (Å²) in [7, 11) is 0. The molecule has 9 rings (SSSR count). The minimum Gasteiger partial charge on any atom is -0.318 e. The van der Waals surface area contributed by atoms with Crippen LogP contribution in [-0.4, -0.2) is 9.13 Å². The van der Waals surface area contributed by atoms with Gasteiger partial charge in [-0.1, -0.05) is 91.0 Å². The maximum absolute atomic E-state index is 10.1. The summed E-state index contributed by atoms with van der Waals surface area (Å²) in [6.45, 7) is 8.27. The van der Waals surface area contributed by atoms with E-state index in [0.717, 1.165) is 66.5 Å². The van der Waals surface area contributed by atoms with E-state index in [-0.39, 0.29) is 0 Å². The quantitative estimate of drug-likeness (QED) is 0.181. The van der Waals surface area contributed by atoms with Crippen molar-refractivity contribution in [2.75, 3.05) is 0 Å². The van der Waals surface area contributed by atoms with Gasteiger partial charge in [-0.3, -0.25) is 0 Å². The smallest absolute Gasteiger partial charge is 0.211 e. The fourth-order valence-electron chi connectivity index (χ4n) is 7.46. The molecule has 50 heavy (non-hydrogen) atoms. The Kier molecular flexibility index (Phi) is 6.56. The van der Waals surface area contributed by atoms with Gasteiger partial charge in [0, 0.05) is 27.2 Å². The van der Waals surface area contributed by atoms with Gasteiger partial charge in [-0.15, -0.1) is 0 Å². The molecule has 0 aliphatic carbocycles. The molecule has 0 amide bonds. The molecule has 0 radical (unpaired) electrons. The summed E-state index contributed by atoms with van der Waals surface area (Å²) < 4.78 is 4.44. The van der Waals surface area contributed by atoms with E-state index in [0.29, 0.717) is 16.8 Å². The zero-order chi connectivity index (χ0) is 33.8. The van der Waals surface area contributed by atoms with E-state index >= 15 is 0 Å². The van der Waals surface area contributed by atoms with Crippen LogP contribution >= 0.6 is 0 Å². The van der Waals surface area contributed by atoms with E-state index in [9.17, 15) is 10.5 Å². The highest BCUT2D eigenvalue weighted by Gasteiger charge is 2.21. The molecule has 0 saturated carbocycles. The maximum Gasteiger partial charge on any atom is 0.211 e. The summed E-state index contributed by atoms with van der Waals surface area (Å²) in [6.07, 6.45) is 0. The van der Waals surface area contributed by atoms with E-state index in [4.69, 9.17) is 6.57 Å². The molecule has 9 aromatic rings. The Balaban J connectivity index is 1.32. The van der Waals surface area contributed by atoms with Crippen molar-refractivity contribution in [2.45, 2.75) is 0 Å². The number of para-hydroxylation sites is 4. The number of aromatic nitrogens is 2. The van der Waals surface area contributed by atoms with Crippen molar-refractivity contribution in [3.8, 4) is 45.8 Å². The Morgan fingerprint density at radius 2 is 1.04 bits per heavy atom. The molecular weight excluding hydrogens is 611 g/mol. The Morgan fingerprint density at radius 1 is 0.460 bits per heavy atom. The number of nitrogens with zero attached hydrogens (tertiary/aromatic N) is 5. The molecule has 0 aliphatic heterocycles. The van der Waals surface area contributed by atoms with Gasteiger partial charge < -0.3 is 9.13 Å². The third-order valence-corrected chi connectivity index (χ3v) is 9.59. The largest absolute Gasteiger partial charge is 0.318 e. The van der Waals surface area contributed by atoms with Crippen molar-refractivity contribution in [3.63, 3.8) is 0 Å². The molecule has 0 N–H and O–H groups in total. The molecule has 2 aromatic heterocycles. The number of nitriles is 2. The lowest BCUT2D eigenvalue weighted by molar-refractivity contribution is 1.18. The Labute approximate surface area is 288 Å². The van der Waals surface area contributed by atoms with Gasteiger partial charge in [0.25, 0.3) is 0 Å². The molecule has 230 valence electrons. The molecule has 0 unspecified atom stereocenters. The summed E-state index contributed by atoms with van der Waals surface area (Å²) in [5.41, 5.74) is 11.1. The molecule has 0 bridgehead atoms.